The van der Waals surface area contributed by atoms with Crippen LogP contribution in [-0.4, -0.2) is 64.6 Å². The second-order valence-electron chi connectivity index (χ2n) is 13.6. The molecule has 0 heterocycles. The quantitative estimate of drug-likeness (QED) is 0.0449. The van der Waals surface area contributed by atoms with E-state index in [0.29, 0.717) is 32.1 Å². The van der Waals surface area contributed by atoms with E-state index in [9.17, 15) is 29.7 Å². The number of Topliss-reactive ketones (excluding diaryl/α,β-unsaturated/α-hetero) is 1. The van der Waals surface area contributed by atoms with Crippen molar-refractivity contribution in [2.24, 2.45) is 17.8 Å². The summed E-state index contributed by atoms with van der Waals surface area (Å²) in [4.78, 5) is 36.7. The molecule has 0 aromatic heterocycles. The lowest BCUT2D eigenvalue weighted by Crippen LogP contribution is -2.28. The second-order valence-corrected chi connectivity index (χ2v) is 13.6. The van der Waals surface area contributed by atoms with Crippen LogP contribution in [0, 0.1) is 17.8 Å². The van der Waals surface area contributed by atoms with E-state index in [1.807, 2.05) is 12.2 Å². The molecular formula is C38H66O8. The lowest BCUT2D eigenvalue weighted by Gasteiger charge is -2.17. The highest BCUT2D eigenvalue weighted by molar-refractivity contribution is 5.86. The Morgan fingerprint density at radius 1 is 0.870 bits per heavy atom. The van der Waals surface area contributed by atoms with E-state index in [0.717, 1.165) is 44.4 Å². The minimum Gasteiger partial charge on any atom is -0.462 e. The number of allylic oxidation sites excluding steroid dienone is 3. The van der Waals surface area contributed by atoms with Gasteiger partial charge in [-0.05, 0) is 38.0 Å². The first-order chi connectivity index (χ1) is 22.2. The average Bonchev–Trinajstić information content (AvgIpc) is 3.29. The summed E-state index contributed by atoms with van der Waals surface area (Å²) in [6.45, 7) is 6.10. The molecule has 0 bridgehead atoms. The molecule has 1 saturated carbocycles. The highest BCUT2D eigenvalue weighted by Gasteiger charge is 2.39. The van der Waals surface area contributed by atoms with Crippen molar-refractivity contribution >= 4 is 17.7 Å². The van der Waals surface area contributed by atoms with E-state index >= 15 is 0 Å². The molecule has 0 radical (unpaired) electrons. The van der Waals surface area contributed by atoms with Crippen molar-refractivity contribution < 1.29 is 39.2 Å². The van der Waals surface area contributed by atoms with Crippen molar-refractivity contribution in [1.29, 1.82) is 0 Å². The predicted molar refractivity (Wildman–Crippen MR) is 183 cm³/mol. The number of carbonyl (C=O) groups excluding carboxylic acids is 3. The van der Waals surface area contributed by atoms with Crippen molar-refractivity contribution in [3.05, 3.63) is 24.3 Å². The van der Waals surface area contributed by atoms with E-state index in [2.05, 4.69) is 20.8 Å². The molecule has 5 atom stereocenters. The maximum atomic E-state index is 12.4. The Kier molecular flexibility index (Phi) is 24.6. The number of carbonyl (C=O) groups is 3. The molecule has 3 N–H and O–H groups in total. The molecule has 0 unspecified atom stereocenters. The fourth-order valence-electron chi connectivity index (χ4n) is 5.89. The minimum absolute atomic E-state index is 0.00126. The average molecular weight is 651 g/mol. The maximum Gasteiger partial charge on any atom is 0.306 e. The first-order valence-corrected chi connectivity index (χ1v) is 18.4. The summed E-state index contributed by atoms with van der Waals surface area (Å²) < 4.78 is 10.5. The molecule has 0 saturated heterocycles. The first-order valence-electron chi connectivity index (χ1n) is 18.4. The van der Waals surface area contributed by atoms with Crippen LogP contribution in [0.3, 0.4) is 0 Å². The number of esters is 2. The third-order valence-electron chi connectivity index (χ3n) is 8.80. The molecule has 1 aliphatic rings. The Hall–Kier alpha value is -2.03. The summed E-state index contributed by atoms with van der Waals surface area (Å²) in [6.07, 6.45) is 23.2. The van der Waals surface area contributed by atoms with Gasteiger partial charge in [0, 0.05) is 31.1 Å². The number of rotatable bonds is 28. The number of ether oxygens (including phenoxy) is 2. The van der Waals surface area contributed by atoms with Crippen LogP contribution in [0.5, 0.6) is 0 Å². The van der Waals surface area contributed by atoms with Gasteiger partial charge in [-0.3, -0.25) is 14.4 Å². The highest BCUT2D eigenvalue weighted by atomic mass is 16.6. The Labute approximate surface area is 279 Å². The number of unbranched alkanes of at least 4 members (excludes halogenated alkanes) is 11. The van der Waals surface area contributed by atoms with E-state index < -0.39 is 36.8 Å². The van der Waals surface area contributed by atoms with Crippen molar-refractivity contribution in [2.75, 3.05) is 13.2 Å². The van der Waals surface area contributed by atoms with Gasteiger partial charge in [0.1, 0.15) is 12.4 Å². The van der Waals surface area contributed by atoms with Gasteiger partial charge in [-0.15, -0.1) is 0 Å². The van der Waals surface area contributed by atoms with Crippen molar-refractivity contribution in [1.82, 2.24) is 0 Å². The molecule has 0 spiro atoms. The van der Waals surface area contributed by atoms with Crippen LogP contribution in [0.1, 0.15) is 149 Å². The molecule has 0 aliphatic heterocycles. The summed E-state index contributed by atoms with van der Waals surface area (Å²) >= 11 is 0. The number of ketones is 1. The largest absolute Gasteiger partial charge is 0.462 e. The van der Waals surface area contributed by atoms with Crippen LogP contribution < -0.4 is 0 Å². The molecule has 266 valence electrons. The van der Waals surface area contributed by atoms with Crippen LogP contribution in [0.4, 0.5) is 0 Å². The molecule has 0 aromatic carbocycles. The molecule has 1 fully saturated rings. The standard InChI is InChI=1S/C38H66O8/c1-4-5-15-21-31(40)25-26-34-33(35(41)27-36(34)42)22-17-13-14-19-24-38(44)46-32(28-39)29-45-37(43)23-18-12-10-8-6-7-9-11-16-20-30(2)3/h13,17,25-26,30-35,39-41H,4-12,14-16,18-24,27-29H2,1-3H3/b17-13-,26-25+/t31-,32-,33+,34+,35-/m0/s1. The van der Waals surface area contributed by atoms with E-state index in [4.69, 9.17) is 9.47 Å². The van der Waals surface area contributed by atoms with Gasteiger partial charge in [-0.2, -0.15) is 0 Å². The Morgan fingerprint density at radius 2 is 1.50 bits per heavy atom. The van der Waals surface area contributed by atoms with Crippen molar-refractivity contribution in [2.45, 2.75) is 167 Å². The van der Waals surface area contributed by atoms with Crippen LogP contribution in [0.25, 0.3) is 0 Å². The second kappa shape index (κ2) is 27.0. The summed E-state index contributed by atoms with van der Waals surface area (Å²) in [5.41, 5.74) is 0. The zero-order valence-corrected chi connectivity index (χ0v) is 29.2. The van der Waals surface area contributed by atoms with Gasteiger partial charge < -0.3 is 24.8 Å². The van der Waals surface area contributed by atoms with Gasteiger partial charge in [0.05, 0.1) is 18.8 Å². The normalized spacial score (nSPS) is 19.8. The molecule has 0 amide bonds. The predicted octanol–water partition coefficient (Wildman–Crippen LogP) is 7.56. The summed E-state index contributed by atoms with van der Waals surface area (Å²) in [7, 11) is 0. The molecule has 0 aromatic rings. The van der Waals surface area contributed by atoms with Crippen LogP contribution in [0.15, 0.2) is 24.3 Å². The molecule has 8 nitrogen and oxygen atoms in total. The molecule has 8 heteroatoms. The Balaban J connectivity index is 2.17. The topological polar surface area (TPSA) is 130 Å². The van der Waals surface area contributed by atoms with Crippen LogP contribution in [-0.2, 0) is 23.9 Å². The van der Waals surface area contributed by atoms with Crippen LogP contribution in [0.2, 0.25) is 0 Å². The molecule has 1 rings (SSSR count). The fraction of sp³-hybridized carbons (Fsp3) is 0.816. The molecule has 1 aliphatic carbocycles. The smallest absolute Gasteiger partial charge is 0.306 e. The third kappa shape index (κ3) is 21.0. The number of hydrogen-bond acceptors (Lipinski definition) is 8. The lowest BCUT2D eigenvalue weighted by atomic mass is 9.90. The summed E-state index contributed by atoms with van der Waals surface area (Å²) in [6, 6.07) is 0. The third-order valence-corrected chi connectivity index (χ3v) is 8.80. The van der Waals surface area contributed by atoms with Crippen molar-refractivity contribution in [3.63, 3.8) is 0 Å². The SMILES string of the molecule is CCCCC[C@H](O)/C=C/[C@H]1C(=O)C[C@H](O)[C@@H]1C/C=C\CCCC(=O)O[C@@H](CO)COC(=O)CCCCCCCCCCCC(C)C. The van der Waals surface area contributed by atoms with E-state index in [1.165, 1.54) is 44.9 Å². The van der Waals surface area contributed by atoms with Crippen molar-refractivity contribution in [3.8, 4) is 0 Å². The molecule has 46 heavy (non-hydrogen) atoms. The van der Waals surface area contributed by atoms with Gasteiger partial charge >= 0.3 is 11.9 Å². The Bertz CT molecular complexity index is 867. The van der Waals surface area contributed by atoms with Gasteiger partial charge in [0.25, 0.3) is 0 Å². The fourth-order valence-corrected chi connectivity index (χ4v) is 5.89. The number of hydrogen-bond donors (Lipinski definition) is 3. The van der Waals surface area contributed by atoms with Gasteiger partial charge in [-0.25, -0.2) is 0 Å². The van der Waals surface area contributed by atoms with Gasteiger partial charge in [-0.1, -0.05) is 122 Å². The zero-order chi connectivity index (χ0) is 34.0. The first kappa shape index (κ1) is 42.0. The number of aliphatic hydroxyl groups excluding tert-OH is 3. The minimum atomic E-state index is -0.871. The van der Waals surface area contributed by atoms with E-state index in [-0.39, 0.29) is 37.1 Å². The lowest BCUT2D eigenvalue weighted by molar-refractivity contribution is -0.161. The zero-order valence-electron chi connectivity index (χ0n) is 29.2. The van der Waals surface area contributed by atoms with Gasteiger partial charge in [0.2, 0.25) is 0 Å². The molecular weight excluding hydrogens is 584 g/mol. The summed E-state index contributed by atoms with van der Waals surface area (Å²) in [5.74, 6) is -0.615. The maximum absolute atomic E-state index is 12.4. The highest BCUT2D eigenvalue weighted by Crippen LogP contribution is 2.33. The summed E-state index contributed by atoms with van der Waals surface area (Å²) in [5, 5.41) is 30.1. The van der Waals surface area contributed by atoms with E-state index in [1.54, 1.807) is 12.2 Å². The Morgan fingerprint density at radius 3 is 2.15 bits per heavy atom. The monoisotopic (exact) mass is 650 g/mol. The number of aliphatic hydroxyl groups is 3. The van der Waals surface area contributed by atoms with Gasteiger partial charge in [0.15, 0.2) is 6.10 Å². The van der Waals surface area contributed by atoms with Crippen LogP contribution >= 0.6 is 0 Å².